The molecule has 0 fully saturated rings. The van der Waals surface area contributed by atoms with Crippen LogP contribution in [0.4, 0.5) is 0 Å². The molecule has 1 heterocycles. The minimum Gasteiger partial charge on any atom is -0.507 e. The zero-order valence-electron chi connectivity index (χ0n) is 11.6. The van der Waals surface area contributed by atoms with Crippen molar-refractivity contribution in [2.45, 2.75) is 0 Å². The van der Waals surface area contributed by atoms with E-state index in [1.165, 1.54) is 12.3 Å². The Labute approximate surface area is 126 Å². The van der Waals surface area contributed by atoms with Gasteiger partial charge in [-0.05, 0) is 22.9 Å². The number of aromatic hydroxyl groups is 1. The number of phenolic OH excluding ortho intramolecular Hbond substituents is 1. The third kappa shape index (κ3) is 2.78. The van der Waals surface area contributed by atoms with E-state index in [4.69, 9.17) is 0 Å². The van der Waals surface area contributed by atoms with E-state index >= 15 is 0 Å². The Morgan fingerprint density at radius 3 is 2.82 bits per heavy atom. The van der Waals surface area contributed by atoms with Crippen molar-refractivity contribution in [1.82, 2.24) is 10.4 Å². The summed E-state index contributed by atoms with van der Waals surface area (Å²) in [4.78, 5) is 16.2. The van der Waals surface area contributed by atoms with Crippen LogP contribution in [0.25, 0.3) is 10.8 Å². The summed E-state index contributed by atoms with van der Waals surface area (Å²) in [5.74, 6) is -0.540. The molecule has 0 radical (unpaired) electrons. The van der Waals surface area contributed by atoms with E-state index in [0.29, 0.717) is 5.39 Å². The molecule has 1 amide bonds. The number of phenols is 1. The topological polar surface area (TPSA) is 74.6 Å². The van der Waals surface area contributed by atoms with Gasteiger partial charge in [0.2, 0.25) is 0 Å². The molecule has 0 unspecified atom stereocenters. The van der Waals surface area contributed by atoms with Crippen molar-refractivity contribution in [3.63, 3.8) is 0 Å². The van der Waals surface area contributed by atoms with Crippen molar-refractivity contribution in [2.75, 3.05) is 0 Å². The van der Waals surface area contributed by atoms with Crippen molar-refractivity contribution in [2.24, 2.45) is 5.10 Å². The van der Waals surface area contributed by atoms with Crippen LogP contribution in [0.1, 0.15) is 15.9 Å². The fourth-order valence-corrected chi connectivity index (χ4v) is 2.17. The molecule has 3 aromatic rings. The first-order chi connectivity index (χ1) is 10.8. The Hall–Kier alpha value is -3.21. The average Bonchev–Trinajstić information content (AvgIpc) is 2.55. The second-order valence-electron chi connectivity index (χ2n) is 4.67. The van der Waals surface area contributed by atoms with Crippen LogP contribution in [-0.2, 0) is 0 Å². The van der Waals surface area contributed by atoms with Crippen LogP contribution in [0.3, 0.4) is 0 Å². The molecule has 3 rings (SSSR count). The van der Waals surface area contributed by atoms with Gasteiger partial charge in [0, 0.05) is 18.0 Å². The molecule has 0 saturated carbocycles. The first-order valence-corrected chi connectivity index (χ1v) is 6.70. The maximum absolute atomic E-state index is 12.3. The highest BCUT2D eigenvalue weighted by molar-refractivity contribution is 6.09. The Balaban J connectivity index is 1.86. The van der Waals surface area contributed by atoms with E-state index in [1.54, 1.807) is 30.6 Å². The number of carbonyl (C=O) groups is 1. The minimum absolute atomic E-state index is 0.0761. The quantitative estimate of drug-likeness (QED) is 0.575. The van der Waals surface area contributed by atoms with Crippen LogP contribution in [0.15, 0.2) is 66.0 Å². The molecule has 5 heteroatoms. The third-order valence-corrected chi connectivity index (χ3v) is 3.20. The first kappa shape index (κ1) is 13.8. The van der Waals surface area contributed by atoms with Crippen LogP contribution in [0, 0.1) is 0 Å². The summed E-state index contributed by atoms with van der Waals surface area (Å²) in [6.45, 7) is 0. The van der Waals surface area contributed by atoms with E-state index in [9.17, 15) is 9.90 Å². The van der Waals surface area contributed by atoms with Gasteiger partial charge in [0.15, 0.2) is 0 Å². The largest absolute Gasteiger partial charge is 0.507 e. The fourth-order valence-electron chi connectivity index (χ4n) is 2.17. The van der Waals surface area contributed by atoms with E-state index < -0.39 is 5.91 Å². The van der Waals surface area contributed by atoms with E-state index in [2.05, 4.69) is 15.5 Å². The first-order valence-electron chi connectivity index (χ1n) is 6.70. The van der Waals surface area contributed by atoms with Crippen molar-refractivity contribution in [3.8, 4) is 5.75 Å². The average molecular weight is 291 g/mol. The van der Waals surface area contributed by atoms with Gasteiger partial charge in [-0.1, -0.05) is 36.4 Å². The predicted molar refractivity (Wildman–Crippen MR) is 84.9 cm³/mol. The van der Waals surface area contributed by atoms with Gasteiger partial charge in [0.05, 0.1) is 11.8 Å². The molecule has 22 heavy (non-hydrogen) atoms. The predicted octanol–water partition coefficient (Wildman–Crippen LogP) is 2.70. The fraction of sp³-hybridized carbons (Fsp3) is 0. The van der Waals surface area contributed by atoms with E-state index in [0.717, 1.165) is 10.9 Å². The summed E-state index contributed by atoms with van der Waals surface area (Å²) in [7, 11) is 0. The van der Waals surface area contributed by atoms with Crippen molar-refractivity contribution < 1.29 is 9.90 Å². The van der Waals surface area contributed by atoms with Gasteiger partial charge >= 0.3 is 0 Å². The zero-order valence-corrected chi connectivity index (χ0v) is 11.6. The van der Waals surface area contributed by atoms with Crippen molar-refractivity contribution in [1.29, 1.82) is 0 Å². The summed E-state index contributed by atoms with van der Waals surface area (Å²) in [5, 5.41) is 15.4. The van der Waals surface area contributed by atoms with Crippen LogP contribution < -0.4 is 5.43 Å². The number of rotatable bonds is 3. The number of hydrogen-bond acceptors (Lipinski definition) is 4. The molecule has 0 spiro atoms. The highest BCUT2D eigenvalue weighted by Crippen LogP contribution is 2.26. The minimum atomic E-state index is -0.463. The summed E-state index contributed by atoms with van der Waals surface area (Å²) >= 11 is 0. The number of pyridine rings is 1. The number of fused-ring (bicyclic) bond motifs is 1. The standard InChI is InChI=1S/C17H13N3O2/c21-15-8-7-13-5-1-2-6-14(13)16(15)17(22)20-19-11-12-4-3-9-18-10-12/h1-11,21H,(H,20,22). The lowest BCUT2D eigenvalue weighted by molar-refractivity contribution is 0.0954. The summed E-state index contributed by atoms with van der Waals surface area (Å²) < 4.78 is 0. The highest BCUT2D eigenvalue weighted by Gasteiger charge is 2.14. The molecule has 1 aromatic heterocycles. The molecule has 2 aromatic carbocycles. The molecule has 0 aliphatic heterocycles. The summed E-state index contributed by atoms with van der Waals surface area (Å²) in [5.41, 5.74) is 3.40. The maximum Gasteiger partial charge on any atom is 0.275 e. The van der Waals surface area contributed by atoms with Gasteiger partial charge < -0.3 is 5.11 Å². The normalized spacial score (nSPS) is 10.9. The molecular formula is C17H13N3O2. The van der Waals surface area contributed by atoms with Crippen molar-refractivity contribution in [3.05, 3.63) is 72.1 Å². The number of hydrogen-bond donors (Lipinski definition) is 2. The van der Waals surface area contributed by atoms with Gasteiger partial charge in [0.1, 0.15) is 5.75 Å². The van der Waals surface area contributed by atoms with Crippen molar-refractivity contribution >= 4 is 22.9 Å². The molecular weight excluding hydrogens is 278 g/mol. The number of amides is 1. The van der Waals surface area contributed by atoms with Crippen LogP contribution in [-0.4, -0.2) is 22.2 Å². The Bertz CT molecular complexity index is 845. The monoisotopic (exact) mass is 291 g/mol. The van der Waals surface area contributed by atoms with Crippen LogP contribution in [0.5, 0.6) is 5.75 Å². The number of benzene rings is 2. The Morgan fingerprint density at radius 1 is 1.14 bits per heavy atom. The van der Waals surface area contributed by atoms with E-state index in [-0.39, 0.29) is 11.3 Å². The molecule has 0 atom stereocenters. The number of hydrazone groups is 1. The number of aromatic nitrogens is 1. The number of carbonyl (C=O) groups excluding carboxylic acids is 1. The van der Waals surface area contributed by atoms with E-state index in [1.807, 2.05) is 24.3 Å². The zero-order chi connectivity index (χ0) is 15.4. The number of nitrogens with one attached hydrogen (secondary N) is 1. The van der Waals surface area contributed by atoms with Crippen LogP contribution >= 0.6 is 0 Å². The Kier molecular flexibility index (Phi) is 3.78. The molecule has 0 aliphatic carbocycles. The lowest BCUT2D eigenvalue weighted by Gasteiger charge is -2.07. The maximum atomic E-state index is 12.3. The van der Waals surface area contributed by atoms with Gasteiger partial charge in [-0.15, -0.1) is 0 Å². The molecule has 5 nitrogen and oxygen atoms in total. The third-order valence-electron chi connectivity index (χ3n) is 3.20. The molecule has 108 valence electrons. The molecule has 0 bridgehead atoms. The van der Waals surface area contributed by atoms with Gasteiger partial charge in [-0.25, -0.2) is 5.43 Å². The lowest BCUT2D eigenvalue weighted by Crippen LogP contribution is -2.18. The molecule has 0 aliphatic rings. The Morgan fingerprint density at radius 2 is 2.00 bits per heavy atom. The molecule has 0 saturated heterocycles. The van der Waals surface area contributed by atoms with Gasteiger partial charge in [-0.3, -0.25) is 9.78 Å². The molecule has 2 N–H and O–H groups in total. The smallest absolute Gasteiger partial charge is 0.275 e. The highest BCUT2D eigenvalue weighted by atomic mass is 16.3. The second kappa shape index (κ2) is 6.05. The van der Waals surface area contributed by atoms with Gasteiger partial charge in [0.25, 0.3) is 5.91 Å². The second-order valence-corrected chi connectivity index (χ2v) is 4.67. The number of nitrogens with zero attached hydrogens (tertiary/aromatic N) is 2. The lowest BCUT2D eigenvalue weighted by atomic mass is 10.0. The van der Waals surface area contributed by atoms with Crippen LogP contribution in [0.2, 0.25) is 0 Å². The summed E-state index contributed by atoms with van der Waals surface area (Å²) in [6, 6.07) is 14.2. The summed E-state index contributed by atoms with van der Waals surface area (Å²) in [6.07, 6.45) is 4.78. The van der Waals surface area contributed by atoms with Gasteiger partial charge in [-0.2, -0.15) is 5.10 Å². The SMILES string of the molecule is O=C(NN=Cc1cccnc1)c1c(O)ccc2ccccc12.